The maximum atomic E-state index is 10.8. The number of pyridine rings is 1. The molecule has 92 valence electrons. The molecule has 1 rings (SSSR count). The summed E-state index contributed by atoms with van der Waals surface area (Å²) in [6.07, 6.45) is 2.58. The van der Waals surface area contributed by atoms with Crippen LogP contribution in [0.1, 0.15) is 6.92 Å². The molecular formula is C10H13N3O4. The van der Waals surface area contributed by atoms with Gasteiger partial charge in [-0.3, -0.25) is 19.9 Å². The van der Waals surface area contributed by atoms with Gasteiger partial charge in [0.15, 0.2) is 0 Å². The van der Waals surface area contributed by atoms with Crippen molar-refractivity contribution in [1.29, 1.82) is 0 Å². The van der Waals surface area contributed by atoms with Crippen LogP contribution < -0.4 is 4.90 Å². The SMILES string of the molecule is CC(CN(C)c1ccncc1[N+](=O)[O-])C(=O)O. The third-order valence-electron chi connectivity index (χ3n) is 2.35. The molecule has 0 fully saturated rings. The van der Waals surface area contributed by atoms with E-state index >= 15 is 0 Å². The highest BCUT2D eigenvalue weighted by Gasteiger charge is 2.20. The number of aliphatic carboxylic acids is 1. The number of aromatic nitrogens is 1. The Kier molecular flexibility index (Phi) is 3.97. The van der Waals surface area contributed by atoms with E-state index in [-0.39, 0.29) is 12.2 Å². The Morgan fingerprint density at radius 2 is 2.35 bits per heavy atom. The molecule has 0 bridgehead atoms. The molecule has 1 atom stereocenters. The van der Waals surface area contributed by atoms with E-state index in [0.717, 1.165) is 6.20 Å². The van der Waals surface area contributed by atoms with Crippen LogP contribution >= 0.6 is 0 Å². The zero-order valence-electron chi connectivity index (χ0n) is 9.53. The lowest BCUT2D eigenvalue weighted by Gasteiger charge is -2.20. The van der Waals surface area contributed by atoms with E-state index in [1.807, 2.05) is 0 Å². The molecule has 7 heteroatoms. The van der Waals surface area contributed by atoms with E-state index in [1.165, 1.54) is 12.3 Å². The standard InChI is InChI=1S/C10H13N3O4/c1-7(10(14)15)6-12(2)8-3-4-11-5-9(8)13(16)17/h3-5,7H,6H2,1-2H3,(H,14,15). The van der Waals surface area contributed by atoms with Crippen molar-refractivity contribution in [2.75, 3.05) is 18.5 Å². The maximum absolute atomic E-state index is 10.8. The number of carbonyl (C=O) groups is 1. The monoisotopic (exact) mass is 239 g/mol. The van der Waals surface area contributed by atoms with Gasteiger partial charge in [-0.1, -0.05) is 6.92 Å². The summed E-state index contributed by atoms with van der Waals surface area (Å²) < 4.78 is 0. The van der Waals surface area contributed by atoms with Crippen LogP contribution in [0.25, 0.3) is 0 Å². The number of hydrogen-bond donors (Lipinski definition) is 1. The Balaban J connectivity index is 2.92. The summed E-state index contributed by atoms with van der Waals surface area (Å²) in [4.78, 5) is 26.2. The maximum Gasteiger partial charge on any atom is 0.310 e. The van der Waals surface area contributed by atoms with E-state index in [4.69, 9.17) is 5.11 Å². The van der Waals surface area contributed by atoms with Crippen LogP contribution in [-0.2, 0) is 4.79 Å². The van der Waals surface area contributed by atoms with E-state index in [2.05, 4.69) is 4.98 Å². The first-order valence-electron chi connectivity index (χ1n) is 4.95. The molecule has 0 aliphatic rings. The highest BCUT2D eigenvalue weighted by atomic mass is 16.6. The van der Waals surface area contributed by atoms with E-state index < -0.39 is 16.8 Å². The summed E-state index contributed by atoms with van der Waals surface area (Å²) in [5.41, 5.74) is 0.227. The van der Waals surface area contributed by atoms with Gasteiger partial charge in [0.2, 0.25) is 0 Å². The zero-order valence-corrected chi connectivity index (χ0v) is 9.53. The van der Waals surface area contributed by atoms with Crippen LogP contribution in [0.4, 0.5) is 11.4 Å². The first-order chi connectivity index (χ1) is 7.93. The van der Waals surface area contributed by atoms with Crippen molar-refractivity contribution in [2.45, 2.75) is 6.92 Å². The second kappa shape index (κ2) is 5.24. The number of rotatable bonds is 5. The molecule has 1 aromatic heterocycles. The van der Waals surface area contributed by atoms with Crippen molar-refractivity contribution in [1.82, 2.24) is 4.98 Å². The van der Waals surface area contributed by atoms with Crippen molar-refractivity contribution < 1.29 is 14.8 Å². The fourth-order valence-corrected chi connectivity index (χ4v) is 1.43. The lowest BCUT2D eigenvalue weighted by molar-refractivity contribution is -0.384. The number of nitrogens with zero attached hydrogens (tertiary/aromatic N) is 3. The van der Waals surface area contributed by atoms with Gasteiger partial charge >= 0.3 is 11.7 Å². The Labute approximate surface area is 97.8 Å². The third kappa shape index (κ3) is 3.13. The van der Waals surface area contributed by atoms with Crippen LogP contribution in [0.3, 0.4) is 0 Å². The molecule has 0 aliphatic carbocycles. The predicted molar refractivity (Wildman–Crippen MR) is 61.0 cm³/mol. The van der Waals surface area contributed by atoms with Gasteiger partial charge in [0.1, 0.15) is 11.9 Å². The molecule has 0 saturated heterocycles. The smallest absolute Gasteiger partial charge is 0.310 e. The quantitative estimate of drug-likeness (QED) is 0.611. The number of carboxylic acids is 1. The van der Waals surface area contributed by atoms with Crippen LogP contribution in [0.15, 0.2) is 18.5 Å². The highest BCUT2D eigenvalue weighted by molar-refractivity contribution is 5.71. The largest absolute Gasteiger partial charge is 0.481 e. The predicted octanol–water partition coefficient (Wildman–Crippen LogP) is 1.15. The first-order valence-corrected chi connectivity index (χ1v) is 4.95. The van der Waals surface area contributed by atoms with E-state index in [0.29, 0.717) is 5.69 Å². The molecule has 0 aromatic carbocycles. The number of nitro groups is 1. The van der Waals surface area contributed by atoms with Crippen molar-refractivity contribution in [2.24, 2.45) is 5.92 Å². The lowest BCUT2D eigenvalue weighted by atomic mass is 10.1. The summed E-state index contributed by atoms with van der Waals surface area (Å²) in [5.74, 6) is -1.54. The molecule has 1 unspecified atom stereocenters. The summed E-state index contributed by atoms with van der Waals surface area (Å²) >= 11 is 0. The Hall–Kier alpha value is -2.18. The van der Waals surface area contributed by atoms with Gasteiger partial charge in [0.05, 0.1) is 10.8 Å². The van der Waals surface area contributed by atoms with Crippen LogP contribution in [0, 0.1) is 16.0 Å². The molecule has 1 N–H and O–H groups in total. The average molecular weight is 239 g/mol. The second-order valence-electron chi connectivity index (χ2n) is 3.74. The molecule has 7 nitrogen and oxygen atoms in total. The van der Waals surface area contributed by atoms with Crippen LogP contribution in [-0.4, -0.2) is 34.6 Å². The second-order valence-corrected chi connectivity index (χ2v) is 3.74. The van der Waals surface area contributed by atoms with E-state index in [1.54, 1.807) is 18.9 Å². The number of hydrogen-bond acceptors (Lipinski definition) is 5. The summed E-state index contributed by atoms with van der Waals surface area (Å²) in [6.45, 7) is 1.74. The third-order valence-corrected chi connectivity index (χ3v) is 2.35. The van der Waals surface area contributed by atoms with Crippen LogP contribution in [0.2, 0.25) is 0 Å². The van der Waals surface area contributed by atoms with Crippen molar-refractivity contribution in [3.8, 4) is 0 Å². The van der Waals surface area contributed by atoms with Gasteiger partial charge in [-0.2, -0.15) is 0 Å². The van der Waals surface area contributed by atoms with Crippen LogP contribution in [0.5, 0.6) is 0 Å². The lowest BCUT2D eigenvalue weighted by Crippen LogP contribution is -2.28. The van der Waals surface area contributed by atoms with Gasteiger partial charge in [0, 0.05) is 19.8 Å². The minimum atomic E-state index is -0.937. The van der Waals surface area contributed by atoms with E-state index in [9.17, 15) is 14.9 Å². The molecule has 0 spiro atoms. The van der Waals surface area contributed by atoms with Gasteiger partial charge in [-0.05, 0) is 6.07 Å². The molecule has 0 aliphatic heterocycles. The summed E-state index contributed by atoms with van der Waals surface area (Å²) in [5, 5.41) is 19.6. The fraction of sp³-hybridized carbons (Fsp3) is 0.400. The molecule has 1 aromatic rings. The van der Waals surface area contributed by atoms with Gasteiger partial charge in [-0.15, -0.1) is 0 Å². The summed E-state index contributed by atoms with van der Waals surface area (Å²) in [7, 11) is 1.61. The van der Waals surface area contributed by atoms with Gasteiger partial charge in [-0.25, -0.2) is 0 Å². The molecule has 0 radical (unpaired) electrons. The Bertz CT molecular complexity index is 435. The number of anilines is 1. The van der Waals surface area contributed by atoms with Crippen molar-refractivity contribution >= 4 is 17.3 Å². The molecule has 1 heterocycles. The van der Waals surface area contributed by atoms with Gasteiger partial charge in [0.25, 0.3) is 0 Å². The average Bonchev–Trinajstić information content (AvgIpc) is 2.28. The molecule has 0 amide bonds. The van der Waals surface area contributed by atoms with Crippen molar-refractivity contribution in [3.05, 3.63) is 28.6 Å². The topological polar surface area (TPSA) is 96.6 Å². The highest BCUT2D eigenvalue weighted by Crippen LogP contribution is 2.25. The first kappa shape index (κ1) is 12.9. The van der Waals surface area contributed by atoms with Crippen molar-refractivity contribution in [3.63, 3.8) is 0 Å². The molecule has 17 heavy (non-hydrogen) atoms. The number of carboxylic acid groups (broad SMARTS) is 1. The zero-order chi connectivity index (χ0) is 13.0. The minimum absolute atomic E-state index is 0.132. The summed E-state index contributed by atoms with van der Waals surface area (Å²) in [6, 6.07) is 1.49. The Morgan fingerprint density at radius 3 is 2.88 bits per heavy atom. The molecule has 0 saturated carbocycles. The fourth-order valence-electron chi connectivity index (χ4n) is 1.43. The normalized spacial score (nSPS) is 11.9. The van der Waals surface area contributed by atoms with Gasteiger partial charge < -0.3 is 10.0 Å². The molecular weight excluding hydrogens is 226 g/mol. The Morgan fingerprint density at radius 1 is 1.71 bits per heavy atom. The minimum Gasteiger partial charge on any atom is -0.481 e.